The highest BCUT2D eigenvalue weighted by molar-refractivity contribution is 5.78. The SMILES string of the molecule is CCNC(=O)CN1CCN(C(=O)NCCOc2ccccc2)CC1. The van der Waals surface area contributed by atoms with Gasteiger partial charge in [-0.2, -0.15) is 0 Å². The third kappa shape index (κ3) is 6.08. The minimum absolute atomic E-state index is 0.0356. The predicted molar refractivity (Wildman–Crippen MR) is 92.0 cm³/mol. The normalized spacial score (nSPS) is 15.0. The number of hydrogen-bond acceptors (Lipinski definition) is 4. The van der Waals surface area contributed by atoms with Gasteiger partial charge in [0.15, 0.2) is 0 Å². The molecule has 0 bridgehead atoms. The lowest BCUT2D eigenvalue weighted by molar-refractivity contribution is -0.122. The number of carbonyl (C=O) groups excluding carboxylic acids is 2. The monoisotopic (exact) mass is 334 g/mol. The van der Waals surface area contributed by atoms with Crippen LogP contribution in [-0.4, -0.2) is 74.2 Å². The molecule has 1 aliphatic rings. The van der Waals surface area contributed by atoms with Crippen molar-refractivity contribution in [2.45, 2.75) is 6.92 Å². The van der Waals surface area contributed by atoms with E-state index in [4.69, 9.17) is 4.74 Å². The van der Waals surface area contributed by atoms with Crippen LogP contribution in [0.4, 0.5) is 4.79 Å². The second-order valence-electron chi connectivity index (χ2n) is 5.61. The summed E-state index contributed by atoms with van der Waals surface area (Å²) in [6.45, 7) is 6.54. The second kappa shape index (κ2) is 9.77. The highest BCUT2D eigenvalue weighted by Crippen LogP contribution is 2.07. The number of nitrogens with zero attached hydrogens (tertiary/aromatic N) is 2. The van der Waals surface area contributed by atoms with E-state index in [0.717, 1.165) is 5.75 Å². The fourth-order valence-corrected chi connectivity index (χ4v) is 2.52. The Morgan fingerprint density at radius 3 is 2.46 bits per heavy atom. The van der Waals surface area contributed by atoms with Gasteiger partial charge in [-0.3, -0.25) is 9.69 Å². The number of nitrogens with one attached hydrogen (secondary N) is 2. The van der Waals surface area contributed by atoms with E-state index >= 15 is 0 Å². The molecule has 1 saturated heterocycles. The Bertz CT molecular complexity index is 516. The first-order chi connectivity index (χ1) is 11.7. The molecular weight excluding hydrogens is 308 g/mol. The summed E-state index contributed by atoms with van der Waals surface area (Å²) in [6.07, 6.45) is 0. The molecule has 0 aromatic heterocycles. The lowest BCUT2D eigenvalue weighted by atomic mass is 10.3. The van der Waals surface area contributed by atoms with Gasteiger partial charge in [-0.25, -0.2) is 4.79 Å². The van der Waals surface area contributed by atoms with Crippen LogP contribution in [0.2, 0.25) is 0 Å². The quantitative estimate of drug-likeness (QED) is 0.714. The summed E-state index contributed by atoms with van der Waals surface area (Å²) in [5.74, 6) is 0.833. The van der Waals surface area contributed by atoms with Crippen LogP contribution in [0.25, 0.3) is 0 Å². The number of piperazine rings is 1. The maximum absolute atomic E-state index is 12.1. The van der Waals surface area contributed by atoms with E-state index in [1.165, 1.54) is 0 Å². The molecule has 1 aromatic rings. The van der Waals surface area contributed by atoms with E-state index in [1.807, 2.05) is 37.3 Å². The summed E-state index contributed by atoms with van der Waals surface area (Å²) in [7, 11) is 0. The van der Waals surface area contributed by atoms with Gasteiger partial charge in [-0.05, 0) is 19.1 Å². The van der Waals surface area contributed by atoms with Gasteiger partial charge in [-0.15, -0.1) is 0 Å². The first-order valence-corrected chi connectivity index (χ1v) is 8.38. The Kier molecular flexibility index (Phi) is 7.35. The summed E-state index contributed by atoms with van der Waals surface area (Å²) >= 11 is 0. The van der Waals surface area contributed by atoms with E-state index in [0.29, 0.717) is 52.4 Å². The Hall–Kier alpha value is -2.28. The van der Waals surface area contributed by atoms with E-state index in [1.54, 1.807) is 4.90 Å². The highest BCUT2D eigenvalue weighted by atomic mass is 16.5. The zero-order valence-electron chi connectivity index (χ0n) is 14.2. The maximum atomic E-state index is 12.1. The van der Waals surface area contributed by atoms with Gasteiger partial charge in [0.25, 0.3) is 0 Å². The number of carbonyl (C=O) groups is 2. The van der Waals surface area contributed by atoms with Crippen LogP contribution in [0.15, 0.2) is 30.3 Å². The molecule has 0 spiro atoms. The van der Waals surface area contributed by atoms with Crippen molar-refractivity contribution in [1.82, 2.24) is 20.4 Å². The summed E-state index contributed by atoms with van der Waals surface area (Å²) in [5, 5.41) is 5.65. The van der Waals surface area contributed by atoms with Crippen molar-refractivity contribution in [3.8, 4) is 5.75 Å². The summed E-state index contributed by atoms with van der Waals surface area (Å²) in [6, 6.07) is 9.44. The van der Waals surface area contributed by atoms with Gasteiger partial charge in [0.2, 0.25) is 5.91 Å². The number of likely N-dealkylation sites (N-methyl/N-ethyl adjacent to an activating group) is 1. The van der Waals surface area contributed by atoms with Crippen LogP contribution in [0.1, 0.15) is 6.92 Å². The molecule has 0 saturated carbocycles. The average molecular weight is 334 g/mol. The molecule has 1 aliphatic heterocycles. The Labute approximate surface area is 142 Å². The lowest BCUT2D eigenvalue weighted by Crippen LogP contribution is -2.53. The van der Waals surface area contributed by atoms with Gasteiger partial charge in [0.1, 0.15) is 12.4 Å². The fraction of sp³-hybridized carbons (Fsp3) is 0.529. The van der Waals surface area contributed by atoms with Crippen molar-refractivity contribution >= 4 is 11.9 Å². The van der Waals surface area contributed by atoms with Crippen molar-refractivity contribution < 1.29 is 14.3 Å². The first kappa shape index (κ1) is 18.1. The number of para-hydroxylation sites is 1. The predicted octanol–water partition coefficient (Wildman–Crippen LogP) is 0.529. The number of ether oxygens (including phenoxy) is 1. The maximum Gasteiger partial charge on any atom is 0.317 e. The van der Waals surface area contributed by atoms with E-state index in [9.17, 15) is 9.59 Å². The topological polar surface area (TPSA) is 73.9 Å². The van der Waals surface area contributed by atoms with Gasteiger partial charge in [0.05, 0.1) is 13.1 Å². The minimum atomic E-state index is -0.0793. The van der Waals surface area contributed by atoms with E-state index in [2.05, 4.69) is 15.5 Å². The highest BCUT2D eigenvalue weighted by Gasteiger charge is 2.21. The van der Waals surface area contributed by atoms with Crippen LogP contribution >= 0.6 is 0 Å². The standard InChI is InChI=1S/C17H26N4O3/c1-2-18-16(22)14-20-9-11-21(12-10-20)17(23)19-8-13-24-15-6-4-3-5-7-15/h3-7H,2,8-14H2,1H3,(H,18,22)(H,19,23). The summed E-state index contributed by atoms with van der Waals surface area (Å²) in [5.41, 5.74) is 0. The number of hydrogen-bond donors (Lipinski definition) is 2. The third-order valence-electron chi connectivity index (χ3n) is 3.79. The Balaban J connectivity index is 1.59. The molecule has 24 heavy (non-hydrogen) atoms. The van der Waals surface area contributed by atoms with Crippen molar-refractivity contribution in [2.75, 3.05) is 52.4 Å². The zero-order chi connectivity index (χ0) is 17.2. The zero-order valence-corrected chi connectivity index (χ0v) is 14.2. The first-order valence-electron chi connectivity index (χ1n) is 8.38. The van der Waals surface area contributed by atoms with Gasteiger partial charge in [-0.1, -0.05) is 18.2 Å². The molecule has 1 aromatic carbocycles. The summed E-state index contributed by atoms with van der Waals surface area (Å²) in [4.78, 5) is 27.5. The van der Waals surface area contributed by atoms with Crippen LogP contribution in [0.5, 0.6) is 5.75 Å². The molecule has 0 aliphatic carbocycles. The molecular formula is C17H26N4O3. The molecule has 2 N–H and O–H groups in total. The van der Waals surface area contributed by atoms with Crippen molar-refractivity contribution in [3.63, 3.8) is 0 Å². The Morgan fingerprint density at radius 1 is 1.08 bits per heavy atom. The number of benzene rings is 1. The molecule has 3 amide bonds. The Morgan fingerprint density at radius 2 is 1.79 bits per heavy atom. The lowest BCUT2D eigenvalue weighted by Gasteiger charge is -2.34. The van der Waals surface area contributed by atoms with Crippen molar-refractivity contribution in [1.29, 1.82) is 0 Å². The molecule has 1 fully saturated rings. The van der Waals surface area contributed by atoms with Crippen molar-refractivity contribution in [3.05, 3.63) is 30.3 Å². The molecule has 0 radical (unpaired) electrons. The van der Waals surface area contributed by atoms with E-state index < -0.39 is 0 Å². The van der Waals surface area contributed by atoms with Crippen molar-refractivity contribution in [2.24, 2.45) is 0 Å². The second-order valence-corrected chi connectivity index (χ2v) is 5.61. The molecule has 0 atom stereocenters. The number of amides is 3. The number of urea groups is 1. The molecule has 7 heteroatoms. The largest absolute Gasteiger partial charge is 0.492 e. The molecule has 1 heterocycles. The van der Waals surface area contributed by atoms with Gasteiger partial charge >= 0.3 is 6.03 Å². The van der Waals surface area contributed by atoms with Gasteiger partial charge in [0, 0.05) is 32.7 Å². The van der Waals surface area contributed by atoms with Crippen LogP contribution < -0.4 is 15.4 Å². The molecule has 7 nitrogen and oxygen atoms in total. The minimum Gasteiger partial charge on any atom is -0.492 e. The van der Waals surface area contributed by atoms with Crippen LogP contribution in [-0.2, 0) is 4.79 Å². The smallest absolute Gasteiger partial charge is 0.317 e. The van der Waals surface area contributed by atoms with Gasteiger partial charge < -0.3 is 20.3 Å². The average Bonchev–Trinajstić information content (AvgIpc) is 2.60. The third-order valence-corrected chi connectivity index (χ3v) is 3.79. The van der Waals surface area contributed by atoms with Crippen LogP contribution in [0.3, 0.4) is 0 Å². The fourth-order valence-electron chi connectivity index (χ4n) is 2.52. The number of rotatable bonds is 7. The molecule has 132 valence electrons. The summed E-state index contributed by atoms with van der Waals surface area (Å²) < 4.78 is 5.54. The molecule has 2 rings (SSSR count). The molecule has 0 unspecified atom stereocenters. The van der Waals surface area contributed by atoms with Crippen LogP contribution in [0, 0.1) is 0 Å². The van der Waals surface area contributed by atoms with E-state index in [-0.39, 0.29) is 11.9 Å².